The first-order chi connectivity index (χ1) is 17.4. The molecule has 4 rings (SSSR count). The number of halogens is 5. The zero-order chi connectivity index (χ0) is 27.0. The van der Waals surface area contributed by atoms with Crippen molar-refractivity contribution in [1.29, 1.82) is 0 Å². The highest BCUT2D eigenvalue weighted by atomic mass is 32.1. The van der Waals surface area contributed by atoms with Crippen LogP contribution < -0.4 is 10.1 Å². The topological polar surface area (TPSA) is 80.2 Å². The van der Waals surface area contributed by atoms with Gasteiger partial charge in [0.1, 0.15) is 17.3 Å². The molecule has 1 N–H and O–H groups in total. The van der Waals surface area contributed by atoms with Gasteiger partial charge in [-0.1, -0.05) is 6.92 Å². The Labute approximate surface area is 213 Å². The number of nitrogens with one attached hydrogen (secondary N) is 1. The second kappa shape index (κ2) is 10.2. The Kier molecular flexibility index (Phi) is 7.36. The number of anilines is 1. The average molecular weight is 542 g/mol. The number of alkyl halides is 5. The summed E-state index contributed by atoms with van der Waals surface area (Å²) in [5, 5.41) is 3.44. The third kappa shape index (κ3) is 5.97. The van der Waals surface area contributed by atoms with Crippen LogP contribution in [0.3, 0.4) is 0 Å². The van der Waals surface area contributed by atoms with Crippen molar-refractivity contribution in [2.75, 3.05) is 25.5 Å². The quantitative estimate of drug-likeness (QED) is 0.413. The molecule has 198 valence electrons. The van der Waals surface area contributed by atoms with E-state index in [1.165, 1.54) is 18.4 Å². The van der Waals surface area contributed by atoms with E-state index in [0.29, 0.717) is 27.4 Å². The Morgan fingerprint density at radius 3 is 2.51 bits per heavy atom. The van der Waals surface area contributed by atoms with Crippen LogP contribution in [0.2, 0.25) is 0 Å². The molecule has 0 saturated carbocycles. The van der Waals surface area contributed by atoms with E-state index in [0.717, 1.165) is 11.1 Å². The Balaban J connectivity index is 1.60. The minimum Gasteiger partial charge on any atom is -0.497 e. The molecule has 0 bridgehead atoms. The molecule has 2 atom stereocenters. The number of methoxy groups -OCH3 is 1. The van der Waals surface area contributed by atoms with Gasteiger partial charge in [-0.25, -0.2) is 23.7 Å². The van der Waals surface area contributed by atoms with Crippen LogP contribution in [-0.4, -0.2) is 57.9 Å². The number of thiazole rings is 1. The highest BCUT2D eigenvalue weighted by Crippen LogP contribution is 2.38. The summed E-state index contributed by atoms with van der Waals surface area (Å²) in [7, 11) is 1.53. The van der Waals surface area contributed by atoms with Crippen molar-refractivity contribution >= 4 is 23.1 Å². The third-order valence-electron chi connectivity index (χ3n) is 6.06. The molecule has 0 aliphatic carbocycles. The number of nitrogens with zero attached hydrogens (tertiary/aromatic N) is 4. The van der Waals surface area contributed by atoms with Gasteiger partial charge in [0.15, 0.2) is 5.69 Å². The van der Waals surface area contributed by atoms with Gasteiger partial charge in [-0.2, -0.15) is 13.2 Å². The van der Waals surface area contributed by atoms with Crippen molar-refractivity contribution < 1.29 is 31.5 Å². The molecule has 13 heteroatoms. The molecule has 1 aromatic carbocycles. The van der Waals surface area contributed by atoms with Crippen molar-refractivity contribution in [2.45, 2.75) is 38.4 Å². The van der Waals surface area contributed by atoms with Gasteiger partial charge in [0, 0.05) is 13.0 Å². The molecule has 0 spiro atoms. The minimum atomic E-state index is -4.63. The number of rotatable bonds is 6. The number of carbonyl (C=O) groups is 1. The summed E-state index contributed by atoms with van der Waals surface area (Å²) in [5.74, 6) is -3.71. The summed E-state index contributed by atoms with van der Waals surface area (Å²) < 4.78 is 72.7. The van der Waals surface area contributed by atoms with Crippen LogP contribution in [0.1, 0.15) is 34.5 Å². The standard InChI is InChI=1S/C24H24F5N5O2S/c1-13-8-23(25,26)12-34(17(13)9-31-19-11-30-18(10-32-19)24(27,28)29)22(35)20-21(37-14(2)33-20)15-4-6-16(36-3)7-5-15/h4-7,10-11,13,17H,8-9,12H2,1-3H3,(H,31,32). The van der Waals surface area contributed by atoms with Crippen molar-refractivity contribution in [3.63, 3.8) is 0 Å². The van der Waals surface area contributed by atoms with Crippen molar-refractivity contribution in [2.24, 2.45) is 5.92 Å². The van der Waals surface area contributed by atoms with Crippen LogP contribution in [-0.2, 0) is 6.18 Å². The maximum atomic E-state index is 14.6. The Morgan fingerprint density at radius 2 is 1.92 bits per heavy atom. The smallest absolute Gasteiger partial charge is 0.434 e. The van der Waals surface area contributed by atoms with E-state index >= 15 is 0 Å². The molecule has 1 aliphatic heterocycles. The molecule has 3 heterocycles. The largest absolute Gasteiger partial charge is 0.497 e. The molecule has 2 aromatic heterocycles. The number of benzene rings is 1. The third-order valence-corrected chi connectivity index (χ3v) is 7.08. The predicted molar refractivity (Wildman–Crippen MR) is 128 cm³/mol. The van der Waals surface area contributed by atoms with Crippen LogP contribution in [0.4, 0.5) is 27.8 Å². The lowest BCUT2D eigenvalue weighted by Crippen LogP contribution is -2.57. The normalized spacial score (nSPS) is 19.5. The number of likely N-dealkylation sites (tertiary alicyclic amines) is 1. The molecule has 1 saturated heterocycles. The predicted octanol–water partition coefficient (Wildman–Crippen LogP) is 5.53. The van der Waals surface area contributed by atoms with Crippen molar-refractivity contribution in [3.05, 3.63) is 53.1 Å². The van der Waals surface area contributed by atoms with Crippen LogP contribution >= 0.6 is 11.3 Å². The number of aromatic nitrogens is 3. The number of ether oxygens (including phenoxy) is 1. The maximum Gasteiger partial charge on any atom is 0.434 e. The summed E-state index contributed by atoms with van der Waals surface area (Å²) in [6.45, 7) is 2.52. The molecule has 1 amide bonds. The second-order valence-corrected chi connectivity index (χ2v) is 10.0. The molecule has 2 unspecified atom stereocenters. The molecule has 37 heavy (non-hydrogen) atoms. The van der Waals surface area contributed by atoms with E-state index in [9.17, 15) is 26.7 Å². The number of hydrogen-bond donors (Lipinski definition) is 1. The van der Waals surface area contributed by atoms with Crippen LogP contribution in [0.25, 0.3) is 10.4 Å². The first-order valence-electron chi connectivity index (χ1n) is 11.3. The number of hydrogen-bond acceptors (Lipinski definition) is 7. The highest BCUT2D eigenvalue weighted by molar-refractivity contribution is 7.15. The summed E-state index contributed by atoms with van der Waals surface area (Å²) >= 11 is 1.28. The van der Waals surface area contributed by atoms with Gasteiger partial charge in [-0.3, -0.25) is 4.79 Å². The van der Waals surface area contributed by atoms with Gasteiger partial charge in [0.2, 0.25) is 0 Å². The maximum absolute atomic E-state index is 14.6. The zero-order valence-corrected chi connectivity index (χ0v) is 21.0. The minimum absolute atomic E-state index is 0.00990. The van der Waals surface area contributed by atoms with E-state index in [1.807, 2.05) is 0 Å². The summed E-state index contributed by atoms with van der Waals surface area (Å²) in [6, 6.07) is 6.29. The number of piperidine rings is 1. The van der Waals surface area contributed by atoms with Gasteiger partial charge in [0.05, 0.1) is 42.0 Å². The monoisotopic (exact) mass is 541 g/mol. The van der Waals surface area contributed by atoms with E-state index in [-0.39, 0.29) is 18.1 Å². The lowest BCUT2D eigenvalue weighted by Gasteiger charge is -2.43. The molecule has 0 radical (unpaired) electrons. The molecular formula is C24H24F5N5O2S. The van der Waals surface area contributed by atoms with Gasteiger partial charge in [-0.15, -0.1) is 11.3 Å². The fraction of sp³-hybridized carbons (Fsp3) is 0.417. The van der Waals surface area contributed by atoms with Crippen LogP contribution in [0, 0.1) is 12.8 Å². The van der Waals surface area contributed by atoms with Crippen LogP contribution in [0.5, 0.6) is 5.75 Å². The molecule has 7 nitrogen and oxygen atoms in total. The fourth-order valence-corrected chi connectivity index (χ4v) is 5.22. The van der Waals surface area contributed by atoms with Crippen molar-refractivity contribution in [1.82, 2.24) is 19.9 Å². The molecule has 3 aromatic rings. The van der Waals surface area contributed by atoms with Gasteiger partial charge in [0.25, 0.3) is 11.8 Å². The highest BCUT2D eigenvalue weighted by Gasteiger charge is 2.47. The van der Waals surface area contributed by atoms with Crippen molar-refractivity contribution in [3.8, 4) is 16.2 Å². The number of amides is 1. The zero-order valence-electron chi connectivity index (χ0n) is 20.1. The van der Waals surface area contributed by atoms with Crippen LogP contribution in [0.15, 0.2) is 36.7 Å². The van der Waals surface area contributed by atoms with E-state index in [2.05, 4.69) is 20.3 Å². The Bertz CT molecular complexity index is 1250. The van der Waals surface area contributed by atoms with Gasteiger partial charge in [-0.05, 0) is 42.7 Å². The first kappa shape index (κ1) is 26.7. The lowest BCUT2D eigenvalue weighted by atomic mass is 9.88. The molecule has 1 aliphatic rings. The van der Waals surface area contributed by atoms with E-state index in [4.69, 9.17) is 4.74 Å². The Hall–Kier alpha value is -3.35. The van der Waals surface area contributed by atoms with E-state index in [1.54, 1.807) is 38.1 Å². The van der Waals surface area contributed by atoms with Gasteiger partial charge >= 0.3 is 6.18 Å². The average Bonchev–Trinajstić information content (AvgIpc) is 3.23. The Morgan fingerprint density at radius 1 is 1.22 bits per heavy atom. The SMILES string of the molecule is COc1ccc(-c2sc(C)nc2C(=O)N2CC(F)(F)CC(C)C2CNc2cnc(C(F)(F)F)cn2)cc1. The molecular weight excluding hydrogens is 517 g/mol. The second-order valence-electron chi connectivity index (χ2n) is 8.84. The summed E-state index contributed by atoms with van der Waals surface area (Å²) in [5.41, 5.74) is -0.386. The lowest BCUT2D eigenvalue weighted by molar-refractivity contribution is -0.141. The number of aryl methyl sites for hydroxylation is 1. The fourth-order valence-electron chi connectivity index (χ4n) is 4.30. The van der Waals surface area contributed by atoms with E-state index < -0.39 is 48.6 Å². The first-order valence-corrected chi connectivity index (χ1v) is 12.1. The van der Waals surface area contributed by atoms with Gasteiger partial charge < -0.3 is 15.0 Å². The summed E-state index contributed by atoms with van der Waals surface area (Å²) in [6.07, 6.45) is -3.57. The summed E-state index contributed by atoms with van der Waals surface area (Å²) in [4.78, 5) is 26.7. The number of carbonyl (C=O) groups excluding carboxylic acids is 1. The molecule has 1 fully saturated rings.